The summed E-state index contributed by atoms with van der Waals surface area (Å²) in [5.41, 5.74) is 0.675. The van der Waals surface area contributed by atoms with E-state index in [2.05, 4.69) is 23.8 Å². The van der Waals surface area contributed by atoms with Gasteiger partial charge in [0.2, 0.25) is 5.88 Å². The molecule has 4 nitrogen and oxygen atoms in total. The minimum absolute atomic E-state index is 0.302. The number of aromatic nitrogens is 2. The van der Waals surface area contributed by atoms with Crippen molar-refractivity contribution in [3.63, 3.8) is 0 Å². The average molecular weight is 250 g/mol. The van der Waals surface area contributed by atoms with Crippen LogP contribution in [0.5, 0.6) is 5.88 Å². The zero-order chi connectivity index (χ0) is 13.1. The Morgan fingerprint density at radius 2 is 2.06 bits per heavy atom. The SMILES string of the molecule is COc1cc(C(O)C2CCC(C)C(C)C2)ncn1. The quantitative estimate of drug-likeness (QED) is 0.896. The van der Waals surface area contributed by atoms with Crippen molar-refractivity contribution in [1.82, 2.24) is 9.97 Å². The second-order valence-corrected chi connectivity index (χ2v) is 5.46. The number of hydrogen-bond donors (Lipinski definition) is 1. The van der Waals surface area contributed by atoms with Crippen molar-refractivity contribution in [1.29, 1.82) is 0 Å². The fourth-order valence-corrected chi connectivity index (χ4v) is 2.74. The standard InChI is InChI=1S/C14H22N2O2/c1-9-4-5-11(6-10(9)2)14(17)12-7-13(18-3)16-8-15-12/h7-11,14,17H,4-6H2,1-3H3. The summed E-state index contributed by atoms with van der Waals surface area (Å²) in [7, 11) is 1.57. The Hall–Kier alpha value is -1.16. The molecule has 4 unspecified atom stereocenters. The second-order valence-electron chi connectivity index (χ2n) is 5.46. The molecule has 0 amide bonds. The summed E-state index contributed by atoms with van der Waals surface area (Å²) >= 11 is 0. The van der Waals surface area contributed by atoms with Crippen LogP contribution in [0.25, 0.3) is 0 Å². The number of nitrogens with zero attached hydrogens (tertiary/aromatic N) is 2. The van der Waals surface area contributed by atoms with Crippen LogP contribution in [0.15, 0.2) is 12.4 Å². The van der Waals surface area contributed by atoms with E-state index in [1.807, 2.05) is 0 Å². The Labute approximate surface area is 108 Å². The van der Waals surface area contributed by atoms with Crippen molar-refractivity contribution in [2.75, 3.05) is 7.11 Å². The van der Waals surface area contributed by atoms with E-state index >= 15 is 0 Å². The Kier molecular flexibility index (Phi) is 4.17. The van der Waals surface area contributed by atoms with Crippen LogP contribution in [0, 0.1) is 17.8 Å². The largest absolute Gasteiger partial charge is 0.481 e. The monoisotopic (exact) mass is 250 g/mol. The third kappa shape index (κ3) is 2.80. The van der Waals surface area contributed by atoms with Crippen molar-refractivity contribution in [3.05, 3.63) is 18.1 Å². The van der Waals surface area contributed by atoms with Crippen LogP contribution in [-0.4, -0.2) is 22.2 Å². The summed E-state index contributed by atoms with van der Waals surface area (Å²) in [6.45, 7) is 4.56. The molecule has 1 saturated carbocycles. The van der Waals surface area contributed by atoms with Gasteiger partial charge in [-0.3, -0.25) is 0 Å². The number of aliphatic hydroxyl groups is 1. The van der Waals surface area contributed by atoms with Gasteiger partial charge in [0.25, 0.3) is 0 Å². The van der Waals surface area contributed by atoms with Crippen LogP contribution in [0.3, 0.4) is 0 Å². The summed E-state index contributed by atoms with van der Waals surface area (Å²) < 4.78 is 5.07. The molecule has 4 atom stereocenters. The maximum absolute atomic E-state index is 10.4. The van der Waals surface area contributed by atoms with E-state index in [-0.39, 0.29) is 0 Å². The first-order valence-corrected chi connectivity index (χ1v) is 6.65. The van der Waals surface area contributed by atoms with Gasteiger partial charge in [-0.25, -0.2) is 9.97 Å². The zero-order valence-corrected chi connectivity index (χ0v) is 11.3. The van der Waals surface area contributed by atoms with Crippen molar-refractivity contribution < 1.29 is 9.84 Å². The first-order chi connectivity index (χ1) is 8.61. The molecule has 1 fully saturated rings. The van der Waals surface area contributed by atoms with Gasteiger partial charge in [-0.05, 0) is 30.6 Å². The third-order valence-corrected chi connectivity index (χ3v) is 4.26. The Morgan fingerprint density at radius 1 is 1.28 bits per heavy atom. The van der Waals surface area contributed by atoms with Gasteiger partial charge in [0.1, 0.15) is 6.33 Å². The predicted molar refractivity (Wildman–Crippen MR) is 69.2 cm³/mol. The highest BCUT2D eigenvalue weighted by Crippen LogP contribution is 2.39. The Balaban J connectivity index is 2.08. The van der Waals surface area contributed by atoms with E-state index in [1.54, 1.807) is 13.2 Å². The molecule has 1 N–H and O–H groups in total. The van der Waals surface area contributed by atoms with E-state index in [0.29, 0.717) is 23.4 Å². The number of hydrogen-bond acceptors (Lipinski definition) is 4. The molecule has 1 aromatic rings. The number of rotatable bonds is 3. The highest BCUT2D eigenvalue weighted by Gasteiger charge is 2.30. The lowest BCUT2D eigenvalue weighted by atomic mass is 9.73. The van der Waals surface area contributed by atoms with E-state index in [9.17, 15) is 5.11 Å². The Morgan fingerprint density at radius 3 is 2.72 bits per heavy atom. The summed E-state index contributed by atoms with van der Waals surface area (Å²) in [4.78, 5) is 8.13. The zero-order valence-electron chi connectivity index (χ0n) is 11.3. The van der Waals surface area contributed by atoms with Crippen molar-refractivity contribution in [3.8, 4) is 5.88 Å². The summed E-state index contributed by atoms with van der Waals surface area (Å²) in [6.07, 6.45) is 4.27. The number of methoxy groups -OCH3 is 1. The van der Waals surface area contributed by atoms with Crippen LogP contribution < -0.4 is 4.74 Å². The van der Waals surface area contributed by atoms with Gasteiger partial charge in [-0.2, -0.15) is 0 Å². The lowest BCUT2D eigenvalue weighted by molar-refractivity contribution is 0.0528. The summed E-state index contributed by atoms with van der Waals surface area (Å²) in [5.74, 6) is 2.24. The maximum atomic E-state index is 10.4. The third-order valence-electron chi connectivity index (χ3n) is 4.26. The molecule has 0 saturated heterocycles. The van der Waals surface area contributed by atoms with Crippen LogP contribution in [0.4, 0.5) is 0 Å². The molecule has 100 valence electrons. The minimum Gasteiger partial charge on any atom is -0.481 e. The van der Waals surface area contributed by atoms with Crippen molar-refractivity contribution in [2.24, 2.45) is 17.8 Å². The molecule has 0 aromatic carbocycles. The molecule has 2 rings (SSSR count). The van der Waals surface area contributed by atoms with Crippen LogP contribution in [-0.2, 0) is 0 Å². The van der Waals surface area contributed by atoms with Crippen LogP contribution in [0.2, 0.25) is 0 Å². The molecule has 1 aliphatic rings. The molecule has 0 spiro atoms. The van der Waals surface area contributed by atoms with Crippen molar-refractivity contribution in [2.45, 2.75) is 39.2 Å². The lowest BCUT2D eigenvalue weighted by Gasteiger charge is -2.34. The smallest absolute Gasteiger partial charge is 0.216 e. The molecular weight excluding hydrogens is 228 g/mol. The average Bonchev–Trinajstić information content (AvgIpc) is 2.41. The Bertz CT molecular complexity index is 397. The molecule has 0 bridgehead atoms. The molecule has 0 aliphatic heterocycles. The molecular formula is C14H22N2O2. The molecule has 0 radical (unpaired) electrons. The van der Waals surface area contributed by atoms with E-state index in [4.69, 9.17) is 4.74 Å². The van der Waals surface area contributed by atoms with Gasteiger partial charge in [-0.15, -0.1) is 0 Å². The maximum Gasteiger partial charge on any atom is 0.216 e. The predicted octanol–water partition coefficient (Wildman–Crippen LogP) is 2.59. The van der Waals surface area contributed by atoms with Crippen LogP contribution >= 0.6 is 0 Å². The lowest BCUT2D eigenvalue weighted by Crippen LogP contribution is -2.25. The molecule has 1 aromatic heterocycles. The normalized spacial score (nSPS) is 29.9. The molecule has 18 heavy (non-hydrogen) atoms. The number of ether oxygens (including phenoxy) is 1. The van der Waals surface area contributed by atoms with E-state index in [0.717, 1.165) is 18.8 Å². The minimum atomic E-state index is -0.503. The second kappa shape index (κ2) is 5.65. The fourth-order valence-electron chi connectivity index (χ4n) is 2.74. The van der Waals surface area contributed by atoms with Gasteiger partial charge in [0, 0.05) is 6.07 Å². The van der Waals surface area contributed by atoms with Gasteiger partial charge in [0.05, 0.1) is 18.9 Å². The van der Waals surface area contributed by atoms with E-state index in [1.165, 1.54) is 12.7 Å². The van der Waals surface area contributed by atoms with Crippen molar-refractivity contribution >= 4 is 0 Å². The summed E-state index contributed by atoms with van der Waals surface area (Å²) in [5, 5.41) is 10.4. The topological polar surface area (TPSA) is 55.2 Å². The van der Waals surface area contributed by atoms with Gasteiger partial charge >= 0.3 is 0 Å². The number of aliphatic hydroxyl groups excluding tert-OH is 1. The molecule has 1 heterocycles. The van der Waals surface area contributed by atoms with Gasteiger partial charge in [-0.1, -0.05) is 20.3 Å². The van der Waals surface area contributed by atoms with Gasteiger partial charge in [0.15, 0.2) is 0 Å². The molecule has 4 heteroatoms. The molecule has 1 aliphatic carbocycles. The van der Waals surface area contributed by atoms with E-state index < -0.39 is 6.10 Å². The highest BCUT2D eigenvalue weighted by molar-refractivity contribution is 5.16. The van der Waals surface area contributed by atoms with Crippen LogP contribution in [0.1, 0.15) is 44.9 Å². The first kappa shape index (κ1) is 13.3. The summed E-state index contributed by atoms with van der Waals surface area (Å²) in [6, 6.07) is 1.73. The van der Waals surface area contributed by atoms with Gasteiger partial charge < -0.3 is 9.84 Å². The first-order valence-electron chi connectivity index (χ1n) is 6.65. The fraction of sp³-hybridized carbons (Fsp3) is 0.714. The highest BCUT2D eigenvalue weighted by atomic mass is 16.5.